The van der Waals surface area contributed by atoms with Crippen LogP contribution in [0.2, 0.25) is 0 Å². The van der Waals surface area contributed by atoms with Crippen molar-refractivity contribution in [3.8, 4) is 23.3 Å². The molecule has 0 aliphatic carbocycles. The third-order valence-electron chi connectivity index (χ3n) is 4.74. The maximum atomic E-state index is 11.0. The van der Waals surface area contributed by atoms with Crippen LogP contribution in [-0.2, 0) is 11.2 Å². The number of nitrogens with one attached hydrogen (secondary N) is 1. The zero-order chi connectivity index (χ0) is 21.6. The lowest BCUT2D eigenvalue weighted by Crippen LogP contribution is -2.22. The molecule has 0 bridgehead atoms. The first-order chi connectivity index (χ1) is 15.1. The number of aromatic nitrogens is 2. The molecule has 0 unspecified atom stereocenters. The number of carbonyl (C=O) groups is 1. The van der Waals surface area contributed by atoms with Gasteiger partial charge < -0.3 is 14.8 Å². The molecule has 0 radical (unpaired) electrons. The third kappa shape index (κ3) is 5.36. The van der Waals surface area contributed by atoms with E-state index in [-0.39, 0.29) is 5.91 Å². The van der Waals surface area contributed by atoms with Gasteiger partial charge in [-0.1, -0.05) is 12.1 Å². The lowest BCUT2D eigenvalue weighted by Gasteiger charge is -2.11. The smallest absolute Gasteiger partial charge is 0.219 e. The molecule has 0 saturated heterocycles. The van der Waals surface area contributed by atoms with Crippen LogP contribution in [0.1, 0.15) is 18.1 Å². The fourth-order valence-corrected chi connectivity index (χ4v) is 3.19. The van der Waals surface area contributed by atoms with Crippen molar-refractivity contribution in [3.63, 3.8) is 0 Å². The molecule has 2 aromatic heterocycles. The van der Waals surface area contributed by atoms with Gasteiger partial charge >= 0.3 is 0 Å². The Labute approximate surface area is 180 Å². The van der Waals surface area contributed by atoms with Crippen molar-refractivity contribution in [1.82, 2.24) is 15.3 Å². The summed E-state index contributed by atoms with van der Waals surface area (Å²) in [6.07, 6.45) is 2.47. The number of amides is 1. The third-order valence-corrected chi connectivity index (χ3v) is 4.74. The van der Waals surface area contributed by atoms with E-state index in [1.807, 2.05) is 67.6 Å². The largest absolute Gasteiger partial charge is 0.439 e. The van der Waals surface area contributed by atoms with Gasteiger partial charge in [-0.15, -0.1) is 0 Å². The number of hydrogen-bond acceptors (Lipinski definition) is 5. The summed E-state index contributed by atoms with van der Waals surface area (Å²) in [6.45, 7) is 4.10. The predicted molar refractivity (Wildman–Crippen MR) is 120 cm³/mol. The first-order valence-corrected chi connectivity index (χ1v) is 10.1. The zero-order valence-electron chi connectivity index (χ0n) is 17.5. The van der Waals surface area contributed by atoms with Crippen molar-refractivity contribution in [3.05, 3.63) is 84.1 Å². The average Bonchev–Trinajstić information content (AvgIpc) is 2.76. The van der Waals surface area contributed by atoms with E-state index in [2.05, 4.69) is 21.4 Å². The maximum Gasteiger partial charge on any atom is 0.219 e. The van der Waals surface area contributed by atoms with E-state index >= 15 is 0 Å². The van der Waals surface area contributed by atoms with Gasteiger partial charge in [0.05, 0.1) is 5.52 Å². The number of aryl methyl sites for hydroxylation is 1. The minimum Gasteiger partial charge on any atom is -0.439 e. The van der Waals surface area contributed by atoms with E-state index in [9.17, 15) is 4.79 Å². The summed E-state index contributed by atoms with van der Waals surface area (Å²) in [4.78, 5) is 19.8. The lowest BCUT2D eigenvalue weighted by atomic mass is 10.1. The molecule has 6 nitrogen and oxygen atoms in total. The van der Waals surface area contributed by atoms with Crippen LogP contribution in [0, 0.1) is 6.92 Å². The van der Waals surface area contributed by atoms with Gasteiger partial charge in [0.1, 0.15) is 11.5 Å². The summed E-state index contributed by atoms with van der Waals surface area (Å²) in [5.74, 6) is 2.47. The molecule has 156 valence electrons. The molecule has 0 atom stereocenters. The second-order valence-corrected chi connectivity index (χ2v) is 7.21. The number of nitrogens with zero attached hydrogens (tertiary/aromatic N) is 2. The van der Waals surface area contributed by atoms with Gasteiger partial charge in [0.25, 0.3) is 0 Å². The number of pyridine rings is 2. The monoisotopic (exact) mass is 413 g/mol. The second kappa shape index (κ2) is 9.26. The minimum absolute atomic E-state index is 0.0177. The van der Waals surface area contributed by atoms with Crippen LogP contribution >= 0.6 is 0 Å². The normalized spacial score (nSPS) is 10.6. The molecule has 4 rings (SSSR count). The van der Waals surface area contributed by atoms with Gasteiger partial charge in [-0.05, 0) is 66.9 Å². The number of fused-ring (bicyclic) bond motifs is 1. The molecule has 0 spiro atoms. The Morgan fingerprint density at radius 1 is 0.968 bits per heavy atom. The summed E-state index contributed by atoms with van der Waals surface area (Å²) in [6, 6.07) is 21.1. The first-order valence-electron chi connectivity index (χ1n) is 10.1. The van der Waals surface area contributed by atoms with E-state index in [0.29, 0.717) is 29.8 Å². The van der Waals surface area contributed by atoms with Crippen LogP contribution in [0.4, 0.5) is 0 Å². The Hall–Kier alpha value is -3.93. The zero-order valence-corrected chi connectivity index (χ0v) is 17.5. The van der Waals surface area contributed by atoms with Crippen molar-refractivity contribution >= 4 is 16.8 Å². The van der Waals surface area contributed by atoms with Crippen LogP contribution in [0.15, 0.2) is 72.9 Å². The summed E-state index contributed by atoms with van der Waals surface area (Å²) in [7, 11) is 0. The first kappa shape index (κ1) is 20.3. The predicted octanol–water partition coefficient (Wildman–Crippen LogP) is 5.20. The molecular weight excluding hydrogens is 390 g/mol. The van der Waals surface area contributed by atoms with Gasteiger partial charge in [0, 0.05) is 37.2 Å². The van der Waals surface area contributed by atoms with Crippen molar-refractivity contribution in [1.29, 1.82) is 0 Å². The number of benzene rings is 2. The molecule has 31 heavy (non-hydrogen) atoms. The molecule has 1 amide bonds. The van der Waals surface area contributed by atoms with E-state index in [1.165, 1.54) is 6.92 Å². The Morgan fingerprint density at radius 3 is 2.65 bits per heavy atom. The average molecular weight is 413 g/mol. The van der Waals surface area contributed by atoms with E-state index in [0.717, 1.165) is 28.5 Å². The number of carbonyl (C=O) groups excluding carboxylic acids is 1. The van der Waals surface area contributed by atoms with Crippen molar-refractivity contribution in [2.45, 2.75) is 20.3 Å². The van der Waals surface area contributed by atoms with E-state index in [4.69, 9.17) is 9.47 Å². The van der Waals surface area contributed by atoms with Gasteiger partial charge in [0.2, 0.25) is 17.7 Å². The van der Waals surface area contributed by atoms with E-state index < -0.39 is 0 Å². The van der Waals surface area contributed by atoms with Gasteiger partial charge in [-0.2, -0.15) is 0 Å². The standard InChI is InChI=1S/C25H23N3O3/c1-17-15-21(30-24-5-3-4-13-27-24)8-10-23(17)31-25-11-7-20-16-19(6-9-22(20)28-25)12-14-26-18(2)29/h3-11,13,15-16H,12,14H2,1-2H3,(H,26,29). The van der Waals surface area contributed by atoms with Gasteiger partial charge in [0.15, 0.2) is 0 Å². The molecule has 0 aliphatic heterocycles. The van der Waals surface area contributed by atoms with Crippen LogP contribution in [0.3, 0.4) is 0 Å². The highest BCUT2D eigenvalue weighted by Crippen LogP contribution is 2.30. The van der Waals surface area contributed by atoms with Crippen molar-refractivity contribution < 1.29 is 14.3 Å². The molecule has 2 aromatic carbocycles. The fourth-order valence-electron chi connectivity index (χ4n) is 3.19. The highest BCUT2D eigenvalue weighted by atomic mass is 16.5. The molecule has 1 N–H and O–H groups in total. The summed E-state index contributed by atoms with van der Waals surface area (Å²) in [5.41, 5.74) is 2.94. The Balaban J connectivity index is 1.46. The van der Waals surface area contributed by atoms with Crippen molar-refractivity contribution in [2.24, 2.45) is 0 Å². The van der Waals surface area contributed by atoms with Crippen LogP contribution < -0.4 is 14.8 Å². The minimum atomic E-state index is -0.0177. The number of hydrogen-bond donors (Lipinski definition) is 1. The summed E-state index contributed by atoms with van der Waals surface area (Å²) >= 11 is 0. The highest BCUT2D eigenvalue weighted by molar-refractivity contribution is 5.80. The Bertz CT molecular complexity index is 1210. The molecule has 0 saturated carbocycles. The SMILES string of the molecule is CC(=O)NCCc1ccc2nc(Oc3ccc(Oc4ccccn4)cc3C)ccc2c1. The molecular formula is C25H23N3O3. The summed E-state index contributed by atoms with van der Waals surface area (Å²) in [5, 5.41) is 3.85. The van der Waals surface area contributed by atoms with Crippen LogP contribution in [-0.4, -0.2) is 22.4 Å². The molecule has 0 fully saturated rings. The quantitative estimate of drug-likeness (QED) is 0.451. The highest BCUT2D eigenvalue weighted by Gasteiger charge is 2.07. The second-order valence-electron chi connectivity index (χ2n) is 7.21. The summed E-state index contributed by atoms with van der Waals surface area (Å²) < 4.78 is 11.8. The Morgan fingerprint density at radius 2 is 1.87 bits per heavy atom. The topological polar surface area (TPSA) is 73.3 Å². The van der Waals surface area contributed by atoms with Crippen molar-refractivity contribution in [2.75, 3.05) is 6.54 Å². The van der Waals surface area contributed by atoms with Crippen LogP contribution in [0.25, 0.3) is 10.9 Å². The fraction of sp³-hybridized carbons (Fsp3) is 0.160. The number of ether oxygens (including phenoxy) is 2. The number of rotatable bonds is 7. The molecule has 2 heterocycles. The molecule has 4 aromatic rings. The van der Waals surface area contributed by atoms with Gasteiger partial charge in [-0.3, -0.25) is 4.79 Å². The molecule has 0 aliphatic rings. The Kier molecular flexibility index (Phi) is 6.08. The van der Waals surface area contributed by atoms with Gasteiger partial charge in [-0.25, -0.2) is 9.97 Å². The molecule has 6 heteroatoms. The van der Waals surface area contributed by atoms with E-state index in [1.54, 1.807) is 6.20 Å². The van der Waals surface area contributed by atoms with Crippen LogP contribution in [0.5, 0.6) is 23.3 Å². The lowest BCUT2D eigenvalue weighted by molar-refractivity contribution is -0.118. The maximum absolute atomic E-state index is 11.0.